The molecule has 0 aromatic heterocycles. The van der Waals surface area contributed by atoms with Crippen molar-refractivity contribution in [3.05, 3.63) is 59.2 Å². The van der Waals surface area contributed by atoms with Gasteiger partial charge in [-0.2, -0.15) is 4.31 Å². The third kappa shape index (κ3) is 4.49. The van der Waals surface area contributed by atoms with E-state index in [9.17, 15) is 18.0 Å². The van der Waals surface area contributed by atoms with Crippen LogP contribution in [0.5, 0.6) is 0 Å². The SMILES string of the molecule is Cc1ccccc1CNC(=O)CN1C(=O)C(C)(C)c2cc(S(=O)(=O)N3CCC[C@@H](C)C3)ccc21. The van der Waals surface area contributed by atoms with E-state index in [1.807, 2.05) is 31.2 Å². The molecule has 0 saturated carbocycles. The smallest absolute Gasteiger partial charge is 0.243 e. The first-order valence-electron chi connectivity index (χ1n) is 11.8. The summed E-state index contributed by atoms with van der Waals surface area (Å²) < 4.78 is 28.1. The fourth-order valence-corrected chi connectivity index (χ4v) is 6.47. The van der Waals surface area contributed by atoms with Crippen LogP contribution >= 0.6 is 0 Å². The molecule has 2 aliphatic heterocycles. The van der Waals surface area contributed by atoms with E-state index in [2.05, 4.69) is 12.2 Å². The number of benzene rings is 2. The molecule has 2 aliphatic rings. The summed E-state index contributed by atoms with van der Waals surface area (Å²) >= 11 is 0. The molecular weight excluding hydrogens is 450 g/mol. The van der Waals surface area contributed by atoms with Crippen LogP contribution in [0.4, 0.5) is 5.69 Å². The number of rotatable bonds is 6. The lowest BCUT2D eigenvalue weighted by molar-refractivity contribution is -0.125. The van der Waals surface area contributed by atoms with Gasteiger partial charge in [-0.1, -0.05) is 31.2 Å². The Hall–Kier alpha value is -2.71. The molecule has 0 unspecified atom stereocenters. The topological polar surface area (TPSA) is 86.8 Å². The summed E-state index contributed by atoms with van der Waals surface area (Å²) in [5.74, 6) is -0.154. The van der Waals surface area contributed by atoms with Crippen LogP contribution in [0.15, 0.2) is 47.4 Å². The number of nitrogens with one attached hydrogen (secondary N) is 1. The maximum Gasteiger partial charge on any atom is 0.243 e. The summed E-state index contributed by atoms with van der Waals surface area (Å²) in [5, 5.41) is 2.89. The molecule has 7 nitrogen and oxygen atoms in total. The predicted octanol–water partition coefficient (Wildman–Crippen LogP) is 3.36. The zero-order valence-electron chi connectivity index (χ0n) is 20.3. The Labute approximate surface area is 202 Å². The van der Waals surface area contributed by atoms with Crippen molar-refractivity contribution >= 4 is 27.5 Å². The van der Waals surface area contributed by atoms with E-state index in [1.165, 1.54) is 4.90 Å². The van der Waals surface area contributed by atoms with Gasteiger partial charge in [0.1, 0.15) is 6.54 Å². The van der Waals surface area contributed by atoms with E-state index in [0.29, 0.717) is 36.8 Å². The first kappa shape index (κ1) is 24.4. The largest absolute Gasteiger partial charge is 0.350 e. The van der Waals surface area contributed by atoms with Crippen molar-refractivity contribution in [3.8, 4) is 0 Å². The monoisotopic (exact) mass is 483 g/mol. The van der Waals surface area contributed by atoms with E-state index in [1.54, 1.807) is 36.4 Å². The van der Waals surface area contributed by atoms with E-state index in [4.69, 9.17) is 0 Å². The average molecular weight is 484 g/mol. The molecule has 2 aromatic rings. The molecule has 1 N–H and O–H groups in total. The van der Waals surface area contributed by atoms with Gasteiger partial charge in [-0.3, -0.25) is 9.59 Å². The van der Waals surface area contributed by atoms with Gasteiger partial charge in [0.05, 0.1) is 10.3 Å². The summed E-state index contributed by atoms with van der Waals surface area (Å²) in [6.07, 6.45) is 1.87. The molecule has 2 aromatic carbocycles. The molecule has 2 heterocycles. The summed E-state index contributed by atoms with van der Waals surface area (Å²) in [6.45, 7) is 8.90. The lowest BCUT2D eigenvalue weighted by atomic mass is 9.86. The minimum absolute atomic E-state index is 0.114. The number of anilines is 1. The molecular formula is C26H33N3O4S. The third-order valence-electron chi connectivity index (χ3n) is 7.01. The van der Waals surface area contributed by atoms with Crippen molar-refractivity contribution in [2.24, 2.45) is 5.92 Å². The Bertz CT molecular complexity index is 1220. The van der Waals surface area contributed by atoms with Crippen molar-refractivity contribution < 1.29 is 18.0 Å². The fourth-order valence-electron chi connectivity index (χ4n) is 4.85. The van der Waals surface area contributed by atoms with Gasteiger partial charge < -0.3 is 10.2 Å². The molecule has 34 heavy (non-hydrogen) atoms. The molecule has 4 rings (SSSR count). The molecule has 0 bridgehead atoms. The first-order chi connectivity index (χ1) is 16.0. The molecule has 0 aliphatic carbocycles. The van der Waals surface area contributed by atoms with Gasteiger partial charge in [0.2, 0.25) is 21.8 Å². The zero-order valence-corrected chi connectivity index (χ0v) is 21.1. The van der Waals surface area contributed by atoms with Crippen LogP contribution in [-0.4, -0.2) is 44.2 Å². The zero-order chi connectivity index (χ0) is 24.7. The Balaban J connectivity index is 1.55. The minimum atomic E-state index is -3.64. The van der Waals surface area contributed by atoms with Crippen LogP contribution in [0.3, 0.4) is 0 Å². The van der Waals surface area contributed by atoms with E-state index >= 15 is 0 Å². The highest BCUT2D eigenvalue weighted by Crippen LogP contribution is 2.43. The second-order valence-corrected chi connectivity index (χ2v) is 11.9. The number of hydrogen-bond donors (Lipinski definition) is 1. The van der Waals surface area contributed by atoms with Crippen LogP contribution in [0.1, 0.15) is 50.3 Å². The van der Waals surface area contributed by atoms with Gasteiger partial charge in [-0.15, -0.1) is 0 Å². The Morgan fingerprint density at radius 2 is 1.91 bits per heavy atom. The number of piperidine rings is 1. The van der Waals surface area contributed by atoms with Gasteiger partial charge >= 0.3 is 0 Å². The molecule has 2 amide bonds. The molecule has 0 radical (unpaired) electrons. The van der Waals surface area contributed by atoms with Crippen LogP contribution < -0.4 is 10.2 Å². The average Bonchev–Trinajstić information content (AvgIpc) is 2.99. The molecule has 1 saturated heterocycles. The molecule has 0 spiro atoms. The van der Waals surface area contributed by atoms with E-state index < -0.39 is 15.4 Å². The normalized spacial score (nSPS) is 20.3. The second kappa shape index (κ2) is 9.15. The van der Waals surface area contributed by atoms with Crippen LogP contribution in [0.2, 0.25) is 0 Å². The number of hydrogen-bond acceptors (Lipinski definition) is 4. The predicted molar refractivity (Wildman–Crippen MR) is 132 cm³/mol. The minimum Gasteiger partial charge on any atom is -0.350 e. The summed E-state index contributed by atoms with van der Waals surface area (Å²) in [6, 6.07) is 12.7. The van der Waals surface area contributed by atoms with E-state index in [-0.39, 0.29) is 23.3 Å². The Morgan fingerprint density at radius 3 is 2.62 bits per heavy atom. The first-order valence-corrected chi connectivity index (χ1v) is 13.2. The third-order valence-corrected chi connectivity index (χ3v) is 8.87. The lowest BCUT2D eigenvalue weighted by Gasteiger charge is -2.30. The van der Waals surface area contributed by atoms with Crippen LogP contribution in [0, 0.1) is 12.8 Å². The summed E-state index contributed by atoms with van der Waals surface area (Å²) in [7, 11) is -3.64. The lowest BCUT2D eigenvalue weighted by Crippen LogP contribution is -2.42. The standard InChI is InChI=1S/C26H33N3O4S/c1-18-8-7-13-28(16-18)34(32,33)21-11-12-23-22(14-21)26(3,4)25(31)29(23)17-24(30)27-15-20-10-6-5-9-19(20)2/h5-6,9-12,14,18H,7-8,13,15-17H2,1-4H3,(H,27,30)/t18-/m1/s1. The van der Waals surface area contributed by atoms with Crippen molar-refractivity contribution in [1.82, 2.24) is 9.62 Å². The van der Waals surface area contributed by atoms with Gasteiger partial charge in [0.15, 0.2) is 0 Å². The number of sulfonamides is 1. The van der Waals surface area contributed by atoms with Crippen molar-refractivity contribution in [2.45, 2.75) is 57.4 Å². The number of nitrogens with zero attached hydrogens (tertiary/aromatic N) is 2. The highest BCUT2D eigenvalue weighted by Gasteiger charge is 2.45. The van der Waals surface area contributed by atoms with Gasteiger partial charge in [-0.25, -0.2) is 8.42 Å². The highest BCUT2D eigenvalue weighted by molar-refractivity contribution is 7.89. The molecule has 1 fully saturated rings. The molecule has 8 heteroatoms. The Morgan fingerprint density at radius 1 is 1.18 bits per heavy atom. The van der Waals surface area contributed by atoms with Gasteiger partial charge in [0, 0.05) is 25.3 Å². The fraction of sp³-hybridized carbons (Fsp3) is 0.462. The molecule has 1 atom stereocenters. The highest BCUT2D eigenvalue weighted by atomic mass is 32.2. The number of carbonyl (C=O) groups excluding carboxylic acids is 2. The van der Waals surface area contributed by atoms with Crippen LogP contribution in [0.25, 0.3) is 0 Å². The quantitative estimate of drug-likeness (QED) is 0.683. The van der Waals surface area contributed by atoms with Gasteiger partial charge in [-0.05, 0) is 74.4 Å². The maximum absolute atomic E-state index is 13.3. The Kier molecular flexibility index (Phi) is 6.57. The number of fused-ring (bicyclic) bond motifs is 1. The number of aryl methyl sites for hydroxylation is 1. The van der Waals surface area contributed by atoms with Crippen molar-refractivity contribution in [1.29, 1.82) is 0 Å². The van der Waals surface area contributed by atoms with Crippen molar-refractivity contribution in [3.63, 3.8) is 0 Å². The van der Waals surface area contributed by atoms with Crippen molar-refractivity contribution in [2.75, 3.05) is 24.5 Å². The second-order valence-electron chi connectivity index (χ2n) is 10.0. The number of carbonyl (C=O) groups is 2. The summed E-state index contributed by atoms with van der Waals surface area (Å²) in [5.41, 5.74) is 2.41. The summed E-state index contributed by atoms with van der Waals surface area (Å²) in [4.78, 5) is 27.6. The molecule has 182 valence electrons. The van der Waals surface area contributed by atoms with E-state index in [0.717, 1.165) is 24.0 Å². The maximum atomic E-state index is 13.3. The van der Waals surface area contributed by atoms with Gasteiger partial charge in [0.25, 0.3) is 0 Å². The number of amides is 2. The van der Waals surface area contributed by atoms with Crippen LogP contribution in [-0.2, 0) is 31.6 Å².